The molecule has 1 amide bonds. The second-order valence-corrected chi connectivity index (χ2v) is 6.52. The zero-order valence-corrected chi connectivity index (χ0v) is 16.4. The molecule has 0 aliphatic carbocycles. The fourth-order valence-electron chi connectivity index (χ4n) is 2.66. The van der Waals surface area contributed by atoms with Gasteiger partial charge in [-0.15, -0.1) is 0 Å². The first-order chi connectivity index (χ1) is 13.6. The predicted octanol–water partition coefficient (Wildman–Crippen LogP) is 5.22. The number of ether oxygens (including phenoxy) is 2. The summed E-state index contributed by atoms with van der Waals surface area (Å²) in [5, 5.41) is 6.93. The highest BCUT2D eigenvalue weighted by Gasteiger charge is 2.11. The molecule has 28 heavy (non-hydrogen) atoms. The molecule has 0 aromatic heterocycles. The Labute approximate surface area is 169 Å². The molecule has 0 spiro atoms. The lowest BCUT2D eigenvalue weighted by atomic mass is 10.1. The Morgan fingerprint density at radius 3 is 2.14 bits per heavy atom. The summed E-state index contributed by atoms with van der Waals surface area (Å²) in [6.07, 6.45) is 0. The van der Waals surface area contributed by atoms with Crippen LogP contribution in [0, 0.1) is 0 Å². The molecule has 0 radical (unpaired) electrons. The van der Waals surface area contributed by atoms with Crippen molar-refractivity contribution in [3.05, 3.63) is 82.9 Å². The molecule has 0 saturated heterocycles. The van der Waals surface area contributed by atoms with Crippen LogP contribution in [0.3, 0.4) is 0 Å². The standard InChI is InChI=1S/C22H21ClN2O3/c1-27-20-12-5-16(13-21(20)28-2)22(26)25-19-10-8-18(9-11-19)24-14-15-3-6-17(23)7-4-15/h3-13,24H,14H2,1-2H3,(H,25,26). The molecule has 0 aliphatic heterocycles. The molecule has 3 aromatic rings. The number of hydrogen-bond acceptors (Lipinski definition) is 4. The molecule has 0 fully saturated rings. The zero-order valence-electron chi connectivity index (χ0n) is 15.7. The number of hydrogen-bond donors (Lipinski definition) is 2. The summed E-state index contributed by atoms with van der Waals surface area (Å²) in [5.41, 5.74) is 3.29. The molecule has 2 N–H and O–H groups in total. The lowest BCUT2D eigenvalue weighted by Crippen LogP contribution is -2.12. The van der Waals surface area contributed by atoms with E-state index in [0.29, 0.717) is 29.3 Å². The molecule has 5 nitrogen and oxygen atoms in total. The average Bonchev–Trinajstić information content (AvgIpc) is 2.73. The van der Waals surface area contributed by atoms with Crippen molar-refractivity contribution in [2.75, 3.05) is 24.9 Å². The first-order valence-electron chi connectivity index (χ1n) is 8.71. The van der Waals surface area contributed by atoms with Crippen molar-refractivity contribution < 1.29 is 14.3 Å². The van der Waals surface area contributed by atoms with Crippen molar-refractivity contribution in [3.8, 4) is 11.5 Å². The van der Waals surface area contributed by atoms with Gasteiger partial charge in [-0.2, -0.15) is 0 Å². The average molecular weight is 397 g/mol. The van der Waals surface area contributed by atoms with E-state index >= 15 is 0 Å². The van der Waals surface area contributed by atoms with Gasteiger partial charge in [0.05, 0.1) is 14.2 Å². The second kappa shape index (κ2) is 9.15. The van der Waals surface area contributed by atoms with Gasteiger partial charge in [0.2, 0.25) is 0 Å². The fourth-order valence-corrected chi connectivity index (χ4v) is 2.78. The normalized spacial score (nSPS) is 10.2. The number of carbonyl (C=O) groups excluding carboxylic acids is 1. The molecule has 0 saturated carbocycles. The van der Waals surface area contributed by atoms with Crippen LogP contribution < -0.4 is 20.1 Å². The topological polar surface area (TPSA) is 59.6 Å². The Hall–Kier alpha value is -3.18. The Balaban J connectivity index is 1.60. The van der Waals surface area contributed by atoms with Crippen LogP contribution in [0.4, 0.5) is 11.4 Å². The van der Waals surface area contributed by atoms with Crippen LogP contribution in [0.2, 0.25) is 5.02 Å². The van der Waals surface area contributed by atoms with E-state index < -0.39 is 0 Å². The van der Waals surface area contributed by atoms with E-state index in [-0.39, 0.29) is 5.91 Å². The van der Waals surface area contributed by atoms with Crippen LogP contribution >= 0.6 is 11.6 Å². The highest BCUT2D eigenvalue weighted by molar-refractivity contribution is 6.30. The maximum absolute atomic E-state index is 12.5. The van der Waals surface area contributed by atoms with Gasteiger partial charge >= 0.3 is 0 Å². The number of benzene rings is 3. The Morgan fingerprint density at radius 1 is 0.857 bits per heavy atom. The summed E-state index contributed by atoms with van der Waals surface area (Å²) in [6, 6.07) is 20.3. The summed E-state index contributed by atoms with van der Waals surface area (Å²) in [7, 11) is 3.09. The summed E-state index contributed by atoms with van der Waals surface area (Å²) < 4.78 is 10.4. The fraction of sp³-hybridized carbons (Fsp3) is 0.136. The van der Waals surface area contributed by atoms with Gasteiger partial charge in [-0.1, -0.05) is 23.7 Å². The van der Waals surface area contributed by atoms with Crippen molar-refractivity contribution in [1.82, 2.24) is 0 Å². The van der Waals surface area contributed by atoms with Crippen LogP contribution in [0.5, 0.6) is 11.5 Å². The second-order valence-electron chi connectivity index (χ2n) is 6.08. The van der Waals surface area contributed by atoms with E-state index in [9.17, 15) is 4.79 Å². The van der Waals surface area contributed by atoms with Crippen LogP contribution in [0.25, 0.3) is 0 Å². The zero-order chi connectivity index (χ0) is 19.9. The van der Waals surface area contributed by atoms with E-state index in [4.69, 9.17) is 21.1 Å². The molecule has 6 heteroatoms. The van der Waals surface area contributed by atoms with Gasteiger partial charge in [-0.3, -0.25) is 4.79 Å². The van der Waals surface area contributed by atoms with Crippen LogP contribution in [0.15, 0.2) is 66.7 Å². The maximum atomic E-state index is 12.5. The number of rotatable bonds is 7. The first kappa shape index (κ1) is 19.6. The smallest absolute Gasteiger partial charge is 0.255 e. The van der Waals surface area contributed by atoms with Crippen LogP contribution in [-0.4, -0.2) is 20.1 Å². The minimum absolute atomic E-state index is 0.220. The molecule has 0 atom stereocenters. The van der Waals surface area contributed by atoms with Gasteiger partial charge in [-0.25, -0.2) is 0 Å². The van der Waals surface area contributed by atoms with Gasteiger partial charge in [-0.05, 0) is 60.2 Å². The third-order valence-corrected chi connectivity index (χ3v) is 4.45. The maximum Gasteiger partial charge on any atom is 0.255 e. The highest BCUT2D eigenvalue weighted by Crippen LogP contribution is 2.28. The summed E-state index contributed by atoms with van der Waals surface area (Å²) in [5.74, 6) is 0.870. The van der Waals surface area contributed by atoms with Crippen molar-refractivity contribution in [2.45, 2.75) is 6.54 Å². The molecular weight excluding hydrogens is 376 g/mol. The summed E-state index contributed by atoms with van der Waals surface area (Å²) in [4.78, 5) is 12.5. The number of carbonyl (C=O) groups is 1. The number of nitrogens with one attached hydrogen (secondary N) is 2. The first-order valence-corrected chi connectivity index (χ1v) is 9.08. The number of methoxy groups -OCH3 is 2. The van der Waals surface area contributed by atoms with E-state index in [1.807, 2.05) is 48.5 Å². The molecule has 144 valence electrons. The Bertz CT molecular complexity index is 941. The Kier molecular flexibility index (Phi) is 6.40. The van der Waals surface area contributed by atoms with Crippen molar-refractivity contribution in [3.63, 3.8) is 0 Å². The summed E-state index contributed by atoms with van der Waals surface area (Å²) >= 11 is 5.90. The highest BCUT2D eigenvalue weighted by atomic mass is 35.5. The van der Waals surface area contributed by atoms with Gasteiger partial charge in [0, 0.05) is 28.5 Å². The van der Waals surface area contributed by atoms with Gasteiger partial charge < -0.3 is 20.1 Å². The van der Waals surface area contributed by atoms with Crippen molar-refractivity contribution >= 4 is 28.9 Å². The molecule has 0 unspecified atom stereocenters. The number of amides is 1. The summed E-state index contributed by atoms with van der Waals surface area (Å²) in [6.45, 7) is 0.689. The predicted molar refractivity (Wildman–Crippen MR) is 113 cm³/mol. The van der Waals surface area contributed by atoms with Gasteiger partial charge in [0.25, 0.3) is 5.91 Å². The largest absolute Gasteiger partial charge is 0.493 e. The van der Waals surface area contributed by atoms with E-state index in [1.165, 1.54) is 7.11 Å². The van der Waals surface area contributed by atoms with Crippen LogP contribution in [-0.2, 0) is 6.54 Å². The Morgan fingerprint density at radius 2 is 1.50 bits per heavy atom. The van der Waals surface area contributed by atoms with Gasteiger partial charge in [0.1, 0.15) is 0 Å². The molecule has 0 aliphatic rings. The van der Waals surface area contributed by atoms with Crippen LogP contribution in [0.1, 0.15) is 15.9 Å². The minimum Gasteiger partial charge on any atom is -0.493 e. The lowest BCUT2D eigenvalue weighted by Gasteiger charge is -2.11. The van der Waals surface area contributed by atoms with E-state index in [0.717, 1.165) is 16.3 Å². The molecule has 3 aromatic carbocycles. The van der Waals surface area contributed by atoms with Crippen molar-refractivity contribution in [2.24, 2.45) is 0 Å². The minimum atomic E-state index is -0.220. The lowest BCUT2D eigenvalue weighted by molar-refractivity contribution is 0.102. The SMILES string of the molecule is COc1ccc(C(=O)Nc2ccc(NCc3ccc(Cl)cc3)cc2)cc1OC. The van der Waals surface area contributed by atoms with Crippen molar-refractivity contribution in [1.29, 1.82) is 0 Å². The molecule has 3 rings (SSSR count). The number of halogens is 1. The molecule has 0 heterocycles. The number of anilines is 2. The van der Waals surface area contributed by atoms with E-state index in [1.54, 1.807) is 25.3 Å². The third kappa shape index (κ3) is 4.96. The quantitative estimate of drug-likeness (QED) is 0.574. The molecule has 0 bridgehead atoms. The van der Waals surface area contributed by atoms with E-state index in [2.05, 4.69) is 10.6 Å². The third-order valence-electron chi connectivity index (χ3n) is 4.20. The van der Waals surface area contributed by atoms with Gasteiger partial charge in [0.15, 0.2) is 11.5 Å². The molecular formula is C22H21ClN2O3. The monoisotopic (exact) mass is 396 g/mol.